The zero-order chi connectivity index (χ0) is 14.7. The van der Waals surface area contributed by atoms with Gasteiger partial charge in [0.1, 0.15) is 0 Å². The van der Waals surface area contributed by atoms with Crippen molar-refractivity contribution < 1.29 is 9.53 Å². The summed E-state index contributed by atoms with van der Waals surface area (Å²) < 4.78 is 5.50. The van der Waals surface area contributed by atoms with Gasteiger partial charge in [0, 0.05) is 15.6 Å². The van der Waals surface area contributed by atoms with Crippen molar-refractivity contribution in [2.24, 2.45) is 0 Å². The number of anilines is 1. The first-order chi connectivity index (χ1) is 9.51. The Bertz CT molecular complexity index is 627. The standard InChI is InChI=1S/C14H13Cl2NO2S/c1-8(12-5-6-13(16)20-12)17-11-4-3-9(15)7-10(11)14(18)19-2/h3-8,17H,1-2H3. The van der Waals surface area contributed by atoms with Gasteiger partial charge in [-0.25, -0.2) is 4.79 Å². The van der Waals surface area contributed by atoms with Crippen molar-refractivity contribution in [3.8, 4) is 0 Å². The highest BCUT2D eigenvalue weighted by Gasteiger charge is 2.15. The number of nitrogens with one attached hydrogen (secondary N) is 1. The highest BCUT2D eigenvalue weighted by molar-refractivity contribution is 7.16. The highest BCUT2D eigenvalue weighted by atomic mass is 35.5. The number of rotatable bonds is 4. The summed E-state index contributed by atoms with van der Waals surface area (Å²) in [6, 6.07) is 8.91. The molecule has 106 valence electrons. The van der Waals surface area contributed by atoms with Crippen LogP contribution in [0.5, 0.6) is 0 Å². The maximum absolute atomic E-state index is 11.8. The number of carbonyl (C=O) groups excluding carboxylic acids is 1. The summed E-state index contributed by atoms with van der Waals surface area (Å²) in [6.45, 7) is 2.00. The van der Waals surface area contributed by atoms with E-state index in [9.17, 15) is 4.79 Å². The predicted octanol–water partition coefficient (Wildman–Crippen LogP) is 5.01. The molecule has 1 N–H and O–H groups in total. The van der Waals surface area contributed by atoms with Crippen LogP contribution >= 0.6 is 34.5 Å². The SMILES string of the molecule is COC(=O)c1cc(Cl)ccc1NC(C)c1ccc(Cl)s1. The molecule has 0 fully saturated rings. The van der Waals surface area contributed by atoms with Crippen molar-refractivity contribution in [3.63, 3.8) is 0 Å². The second-order valence-corrected chi connectivity index (χ2v) is 6.37. The topological polar surface area (TPSA) is 38.3 Å². The first-order valence-corrected chi connectivity index (χ1v) is 7.48. The molecule has 0 spiro atoms. The van der Waals surface area contributed by atoms with Gasteiger partial charge in [-0.3, -0.25) is 0 Å². The number of methoxy groups -OCH3 is 1. The van der Waals surface area contributed by atoms with Crippen LogP contribution in [0.3, 0.4) is 0 Å². The van der Waals surface area contributed by atoms with Crippen LogP contribution in [0.1, 0.15) is 28.2 Å². The Morgan fingerprint density at radius 3 is 2.65 bits per heavy atom. The molecule has 1 aromatic carbocycles. The van der Waals surface area contributed by atoms with E-state index in [1.54, 1.807) is 18.2 Å². The van der Waals surface area contributed by atoms with Crippen LogP contribution in [0.15, 0.2) is 30.3 Å². The minimum atomic E-state index is -0.425. The lowest BCUT2D eigenvalue weighted by molar-refractivity contribution is 0.0602. The monoisotopic (exact) mass is 329 g/mol. The molecular weight excluding hydrogens is 317 g/mol. The summed E-state index contributed by atoms with van der Waals surface area (Å²) >= 11 is 13.4. The second-order valence-electron chi connectivity index (χ2n) is 4.19. The third kappa shape index (κ3) is 3.45. The maximum atomic E-state index is 11.8. The van der Waals surface area contributed by atoms with Gasteiger partial charge in [0.2, 0.25) is 0 Å². The average Bonchev–Trinajstić information content (AvgIpc) is 2.86. The van der Waals surface area contributed by atoms with Crippen molar-refractivity contribution in [1.29, 1.82) is 0 Å². The van der Waals surface area contributed by atoms with E-state index in [1.807, 2.05) is 19.1 Å². The van der Waals surface area contributed by atoms with E-state index in [2.05, 4.69) is 5.32 Å². The van der Waals surface area contributed by atoms with Crippen LogP contribution in [0, 0.1) is 0 Å². The van der Waals surface area contributed by atoms with Crippen LogP contribution in [0.25, 0.3) is 0 Å². The molecule has 0 bridgehead atoms. The van der Waals surface area contributed by atoms with Gasteiger partial charge in [-0.15, -0.1) is 11.3 Å². The van der Waals surface area contributed by atoms with E-state index in [4.69, 9.17) is 27.9 Å². The number of esters is 1. The summed E-state index contributed by atoms with van der Waals surface area (Å²) in [5, 5.41) is 3.76. The molecule has 0 saturated heterocycles. The molecule has 0 aliphatic rings. The molecule has 20 heavy (non-hydrogen) atoms. The summed E-state index contributed by atoms with van der Waals surface area (Å²) in [5.74, 6) is -0.425. The van der Waals surface area contributed by atoms with Gasteiger partial charge in [0.15, 0.2) is 0 Å². The number of carbonyl (C=O) groups is 1. The Labute approximate surface area is 131 Å². The van der Waals surface area contributed by atoms with Crippen LogP contribution in [-0.2, 0) is 4.74 Å². The molecule has 1 aromatic heterocycles. The predicted molar refractivity (Wildman–Crippen MR) is 84.2 cm³/mol. The van der Waals surface area contributed by atoms with Gasteiger partial charge in [-0.2, -0.15) is 0 Å². The summed E-state index contributed by atoms with van der Waals surface area (Å²) in [4.78, 5) is 12.9. The van der Waals surface area contributed by atoms with Gasteiger partial charge in [0.25, 0.3) is 0 Å². The number of hydrogen-bond acceptors (Lipinski definition) is 4. The largest absolute Gasteiger partial charge is 0.465 e. The fourth-order valence-corrected chi connectivity index (χ4v) is 3.02. The first-order valence-electron chi connectivity index (χ1n) is 5.91. The molecule has 3 nitrogen and oxygen atoms in total. The molecule has 0 radical (unpaired) electrons. The van der Waals surface area contributed by atoms with Crippen molar-refractivity contribution >= 4 is 46.2 Å². The highest BCUT2D eigenvalue weighted by Crippen LogP contribution is 2.30. The fraction of sp³-hybridized carbons (Fsp3) is 0.214. The molecule has 2 aromatic rings. The Morgan fingerprint density at radius 2 is 2.05 bits per heavy atom. The first kappa shape index (κ1) is 15.2. The van der Waals surface area contributed by atoms with Crippen molar-refractivity contribution in [3.05, 3.63) is 50.1 Å². The Balaban J connectivity index is 2.26. The summed E-state index contributed by atoms with van der Waals surface area (Å²) in [5.41, 5.74) is 1.09. The minimum absolute atomic E-state index is 0.0251. The molecule has 1 unspecified atom stereocenters. The van der Waals surface area contributed by atoms with Crippen molar-refractivity contribution in [2.45, 2.75) is 13.0 Å². The van der Waals surface area contributed by atoms with Crippen LogP contribution in [0.2, 0.25) is 9.36 Å². The molecular formula is C14H13Cl2NO2S. The molecule has 1 heterocycles. The van der Waals surface area contributed by atoms with Gasteiger partial charge in [-0.1, -0.05) is 23.2 Å². The third-order valence-corrected chi connectivity index (χ3v) is 4.43. The zero-order valence-electron chi connectivity index (χ0n) is 10.9. The Kier molecular flexibility index (Phi) is 4.91. The smallest absolute Gasteiger partial charge is 0.340 e. The number of benzene rings is 1. The summed E-state index contributed by atoms with van der Waals surface area (Å²) in [7, 11) is 1.34. The average molecular weight is 330 g/mol. The Morgan fingerprint density at radius 1 is 1.30 bits per heavy atom. The lowest BCUT2D eigenvalue weighted by atomic mass is 10.1. The minimum Gasteiger partial charge on any atom is -0.465 e. The van der Waals surface area contributed by atoms with Gasteiger partial charge < -0.3 is 10.1 Å². The van der Waals surface area contributed by atoms with Crippen molar-refractivity contribution in [1.82, 2.24) is 0 Å². The maximum Gasteiger partial charge on any atom is 0.340 e. The molecule has 2 rings (SSSR count). The van der Waals surface area contributed by atoms with Gasteiger partial charge in [0.05, 0.1) is 23.1 Å². The molecule has 0 aliphatic heterocycles. The molecule has 0 amide bonds. The number of halogens is 2. The van der Waals surface area contributed by atoms with Crippen molar-refractivity contribution in [2.75, 3.05) is 12.4 Å². The lowest BCUT2D eigenvalue weighted by Gasteiger charge is -2.16. The quantitative estimate of drug-likeness (QED) is 0.801. The molecule has 0 saturated carbocycles. The van der Waals surface area contributed by atoms with Gasteiger partial charge >= 0.3 is 5.97 Å². The second kappa shape index (κ2) is 6.48. The van der Waals surface area contributed by atoms with E-state index in [-0.39, 0.29) is 6.04 Å². The zero-order valence-corrected chi connectivity index (χ0v) is 13.3. The van der Waals surface area contributed by atoms with E-state index >= 15 is 0 Å². The molecule has 1 atom stereocenters. The molecule has 0 aliphatic carbocycles. The lowest BCUT2D eigenvalue weighted by Crippen LogP contribution is -2.11. The third-order valence-electron chi connectivity index (χ3n) is 2.78. The number of ether oxygens (including phenoxy) is 1. The van der Waals surface area contributed by atoms with Crippen LogP contribution < -0.4 is 5.32 Å². The van der Waals surface area contributed by atoms with Crippen LogP contribution in [0.4, 0.5) is 5.69 Å². The van der Waals surface area contributed by atoms with E-state index in [1.165, 1.54) is 18.4 Å². The van der Waals surface area contributed by atoms with Gasteiger partial charge in [-0.05, 0) is 37.3 Å². The van der Waals surface area contributed by atoms with Crippen LogP contribution in [-0.4, -0.2) is 13.1 Å². The number of thiophene rings is 1. The molecule has 6 heteroatoms. The van der Waals surface area contributed by atoms with E-state index in [0.29, 0.717) is 16.3 Å². The van der Waals surface area contributed by atoms with E-state index < -0.39 is 5.97 Å². The number of hydrogen-bond donors (Lipinski definition) is 1. The fourth-order valence-electron chi connectivity index (χ4n) is 1.79. The normalized spacial score (nSPS) is 12.0. The van der Waals surface area contributed by atoms with E-state index in [0.717, 1.165) is 9.21 Å². The Hall–Kier alpha value is -1.23. The summed E-state index contributed by atoms with van der Waals surface area (Å²) in [6.07, 6.45) is 0.